The molecule has 0 saturated heterocycles. The Labute approximate surface area is 181 Å². The molecule has 29 heavy (non-hydrogen) atoms. The van der Waals surface area contributed by atoms with Gasteiger partial charge in [-0.3, -0.25) is 4.79 Å². The van der Waals surface area contributed by atoms with Crippen LogP contribution in [0.1, 0.15) is 13.3 Å². The minimum Gasteiger partial charge on any atom is -0.332 e. The van der Waals surface area contributed by atoms with Gasteiger partial charge in [0, 0.05) is 22.0 Å². The highest BCUT2D eigenvalue weighted by Crippen LogP contribution is 2.28. The molecule has 1 amide bonds. The van der Waals surface area contributed by atoms with Crippen LogP contribution in [0.5, 0.6) is 0 Å². The van der Waals surface area contributed by atoms with Gasteiger partial charge in [-0.1, -0.05) is 49.4 Å². The van der Waals surface area contributed by atoms with Crippen LogP contribution in [0.2, 0.25) is 0 Å². The highest BCUT2D eigenvalue weighted by atomic mass is 32.2. The maximum Gasteiger partial charge on any atom is 0.237 e. The van der Waals surface area contributed by atoms with E-state index in [1.165, 1.54) is 0 Å². The molecule has 0 bridgehead atoms. The average molecular weight is 422 g/mol. The maximum absolute atomic E-state index is 12.6. The number of benzene rings is 3. The highest BCUT2D eigenvalue weighted by molar-refractivity contribution is 8.00. The zero-order valence-electron chi connectivity index (χ0n) is 16.1. The fourth-order valence-electron chi connectivity index (χ4n) is 2.69. The molecule has 0 spiro atoms. The van der Waals surface area contributed by atoms with E-state index in [9.17, 15) is 4.79 Å². The molecule has 0 fully saturated rings. The Kier molecular flexibility index (Phi) is 7.67. The molecule has 0 radical (unpaired) electrons. The van der Waals surface area contributed by atoms with Gasteiger partial charge >= 0.3 is 0 Å². The van der Waals surface area contributed by atoms with E-state index in [0.717, 1.165) is 28.4 Å². The number of hydrogen-bond acceptors (Lipinski definition) is 3. The molecule has 1 unspecified atom stereocenters. The summed E-state index contributed by atoms with van der Waals surface area (Å²) >= 11 is 6.94. The fraction of sp³-hybridized carbons (Fsp3) is 0.130. The molecule has 3 rings (SSSR count). The molecule has 3 N–H and O–H groups in total. The summed E-state index contributed by atoms with van der Waals surface area (Å²) in [5, 5.41) is 9.68. The van der Waals surface area contributed by atoms with E-state index >= 15 is 0 Å². The number of thioether (sulfide) groups is 1. The molecular formula is C23H23N3OS2. The van der Waals surface area contributed by atoms with E-state index in [1.807, 2.05) is 91.9 Å². The molecule has 148 valence electrons. The lowest BCUT2D eigenvalue weighted by molar-refractivity contribution is -0.115. The van der Waals surface area contributed by atoms with Crippen LogP contribution in [0.25, 0.3) is 0 Å². The van der Waals surface area contributed by atoms with E-state index in [0.29, 0.717) is 5.11 Å². The molecule has 4 nitrogen and oxygen atoms in total. The van der Waals surface area contributed by atoms with E-state index in [4.69, 9.17) is 12.2 Å². The van der Waals surface area contributed by atoms with Crippen LogP contribution in [-0.2, 0) is 4.79 Å². The first-order valence-electron chi connectivity index (χ1n) is 9.39. The van der Waals surface area contributed by atoms with Gasteiger partial charge in [-0.15, -0.1) is 11.8 Å². The van der Waals surface area contributed by atoms with Crippen molar-refractivity contribution in [1.82, 2.24) is 0 Å². The molecule has 3 aromatic rings. The zero-order valence-corrected chi connectivity index (χ0v) is 17.7. The lowest BCUT2D eigenvalue weighted by Crippen LogP contribution is -2.24. The lowest BCUT2D eigenvalue weighted by atomic mass is 10.3. The fourth-order valence-corrected chi connectivity index (χ4v) is 3.94. The second-order valence-corrected chi connectivity index (χ2v) is 8.03. The zero-order chi connectivity index (χ0) is 20.5. The minimum absolute atomic E-state index is 0.00308. The Bertz CT molecular complexity index is 949. The summed E-state index contributed by atoms with van der Waals surface area (Å²) in [7, 11) is 0. The van der Waals surface area contributed by atoms with Crippen LogP contribution in [-0.4, -0.2) is 16.3 Å². The molecule has 0 aliphatic heterocycles. The summed E-state index contributed by atoms with van der Waals surface area (Å²) in [5.74, 6) is 0.00308. The van der Waals surface area contributed by atoms with Gasteiger partial charge in [-0.05, 0) is 61.1 Å². The van der Waals surface area contributed by atoms with Crippen molar-refractivity contribution in [3.8, 4) is 0 Å². The van der Waals surface area contributed by atoms with E-state index in [2.05, 4.69) is 16.0 Å². The Morgan fingerprint density at radius 2 is 1.38 bits per heavy atom. The normalized spacial score (nSPS) is 11.3. The van der Waals surface area contributed by atoms with Crippen molar-refractivity contribution in [3.05, 3.63) is 84.9 Å². The van der Waals surface area contributed by atoms with Gasteiger partial charge in [-0.2, -0.15) is 0 Å². The standard InChI is InChI=1S/C23H23N3OS2/c1-2-21(22(27)24-17-10-5-3-6-11-17)29-20-15-9-14-19(16-20)26-23(28)25-18-12-7-4-8-13-18/h3-16,21H,2H2,1H3,(H,24,27)(H2,25,26,28). The Balaban J connectivity index is 1.60. The van der Waals surface area contributed by atoms with Crippen molar-refractivity contribution in [3.63, 3.8) is 0 Å². The third-order valence-electron chi connectivity index (χ3n) is 4.11. The van der Waals surface area contributed by atoms with Gasteiger partial charge < -0.3 is 16.0 Å². The molecule has 1 atom stereocenters. The van der Waals surface area contributed by atoms with Gasteiger partial charge in [0.1, 0.15) is 0 Å². The SMILES string of the molecule is CCC(Sc1cccc(NC(=S)Nc2ccccc2)c1)C(=O)Nc1ccccc1. The van der Waals surface area contributed by atoms with E-state index in [1.54, 1.807) is 11.8 Å². The molecule has 0 saturated carbocycles. The number of anilines is 3. The summed E-state index contributed by atoms with van der Waals surface area (Å²) in [5.41, 5.74) is 2.62. The Hall–Kier alpha value is -2.83. The quantitative estimate of drug-likeness (QED) is 0.322. The predicted octanol–water partition coefficient (Wildman–Crippen LogP) is 6.00. The first-order valence-corrected chi connectivity index (χ1v) is 10.7. The number of thiocarbonyl (C=S) groups is 1. The molecule has 0 aromatic heterocycles. The average Bonchev–Trinajstić information content (AvgIpc) is 2.73. The molecule has 0 aliphatic carbocycles. The van der Waals surface area contributed by atoms with Crippen molar-refractivity contribution in [2.45, 2.75) is 23.5 Å². The lowest BCUT2D eigenvalue weighted by Gasteiger charge is -2.16. The third-order valence-corrected chi connectivity index (χ3v) is 5.67. The Morgan fingerprint density at radius 1 is 0.828 bits per heavy atom. The van der Waals surface area contributed by atoms with Crippen LogP contribution in [0.4, 0.5) is 17.1 Å². The van der Waals surface area contributed by atoms with Gasteiger partial charge in [-0.25, -0.2) is 0 Å². The second-order valence-electron chi connectivity index (χ2n) is 6.34. The molecule has 6 heteroatoms. The van der Waals surface area contributed by atoms with Gasteiger partial charge in [0.15, 0.2) is 5.11 Å². The first-order chi connectivity index (χ1) is 14.1. The van der Waals surface area contributed by atoms with Gasteiger partial charge in [0.25, 0.3) is 0 Å². The van der Waals surface area contributed by atoms with E-state index in [-0.39, 0.29) is 11.2 Å². The van der Waals surface area contributed by atoms with Crippen LogP contribution in [0.3, 0.4) is 0 Å². The van der Waals surface area contributed by atoms with Crippen molar-refractivity contribution < 1.29 is 4.79 Å². The summed E-state index contributed by atoms with van der Waals surface area (Å²) in [6.45, 7) is 2.02. The van der Waals surface area contributed by atoms with Gasteiger partial charge in [0.05, 0.1) is 5.25 Å². The number of carbonyl (C=O) groups excluding carboxylic acids is 1. The summed E-state index contributed by atoms with van der Waals surface area (Å²) < 4.78 is 0. The number of para-hydroxylation sites is 2. The van der Waals surface area contributed by atoms with Crippen LogP contribution < -0.4 is 16.0 Å². The van der Waals surface area contributed by atoms with Crippen LogP contribution >= 0.6 is 24.0 Å². The highest BCUT2D eigenvalue weighted by Gasteiger charge is 2.18. The van der Waals surface area contributed by atoms with Crippen LogP contribution in [0.15, 0.2) is 89.8 Å². The third kappa shape index (κ3) is 6.62. The van der Waals surface area contributed by atoms with Gasteiger partial charge in [0.2, 0.25) is 5.91 Å². The maximum atomic E-state index is 12.6. The largest absolute Gasteiger partial charge is 0.332 e. The van der Waals surface area contributed by atoms with Crippen molar-refractivity contribution in [2.24, 2.45) is 0 Å². The number of nitrogens with one attached hydrogen (secondary N) is 3. The molecule has 0 aliphatic rings. The summed E-state index contributed by atoms with van der Waals surface area (Å²) in [6, 6.07) is 27.2. The van der Waals surface area contributed by atoms with Crippen molar-refractivity contribution in [1.29, 1.82) is 0 Å². The second kappa shape index (κ2) is 10.6. The minimum atomic E-state index is -0.181. The van der Waals surface area contributed by atoms with Crippen molar-refractivity contribution in [2.75, 3.05) is 16.0 Å². The topological polar surface area (TPSA) is 53.2 Å². The molecular weight excluding hydrogens is 398 g/mol. The monoisotopic (exact) mass is 421 g/mol. The molecule has 3 aromatic carbocycles. The smallest absolute Gasteiger partial charge is 0.237 e. The predicted molar refractivity (Wildman–Crippen MR) is 128 cm³/mol. The van der Waals surface area contributed by atoms with E-state index < -0.39 is 0 Å². The number of carbonyl (C=O) groups is 1. The summed E-state index contributed by atoms with van der Waals surface area (Å²) in [4.78, 5) is 13.6. The van der Waals surface area contributed by atoms with Crippen LogP contribution in [0, 0.1) is 0 Å². The summed E-state index contributed by atoms with van der Waals surface area (Å²) in [6.07, 6.45) is 0.731. The number of hydrogen-bond donors (Lipinski definition) is 3. The Morgan fingerprint density at radius 3 is 2.00 bits per heavy atom. The number of rotatable bonds is 7. The molecule has 0 heterocycles. The first kappa shape index (κ1) is 20.9. The number of amides is 1. The van der Waals surface area contributed by atoms with Crippen molar-refractivity contribution >= 4 is 52.1 Å².